The first-order chi connectivity index (χ1) is 10.4. The normalized spacial score (nSPS) is 10.5. The third-order valence-electron chi connectivity index (χ3n) is 2.68. The van der Waals surface area contributed by atoms with Crippen molar-refractivity contribution in [1.29, 1.82) is 10.5 Å². The monoisotopic (exact) mass is 332 g/mol. The Morgan fingerprint density at radius 1 is 1.05 bits per heavy atom. The van der Waals surface area contributed by atoms with Crippen molar-refractivity contribution < 1.29 is 12.6 Å². The van der Waals surface area contributed by atoms with Gasteiger partial charge in [-0.25, -0.2) is 0 Å². The highest BCUT2D eigenvalue weighted by atomic mass is 35.5. The highest BCUT2D eigenvalue weighted by molar-refractivity contribution is 7.86. The number of hydrogen-bond acceptors (Lipinski definition) is 5. The summed E-state index contributed by atoms with van der Waals surface area (Å²) < 4.78 is 29.1. The quantitative estimate of drug-likeness (QED) is 0.803. The lowest BCUT2D eigenvalue weighted by molar-refractivity contribution is 0.485. The second-order valence-corrected chi connectivity index (χ2v) is 6.33. The summed E-state index contributed by atoms with van der Waals surface area (Å²) in [7, 11) is -3.93. The summed E-state index contributed by atoms with van der Waals surface area (Å²) >= 11 is 5.88. The molecule has 0 saturated heterocycles. The van der Waals surface area contributed by atoms with Crippen LogP contribution in [0.4, 0.5) is 0 Å². The molecule has 0 aliphatic rings. The Morgan fingerprint density at radius 2 is 1.73 bits per heavy atom. The van der Waals surface area contributed by atoms with Gasteiger partial charge in [-0.3, -0.25) is 0 Å². The molecule has 0 aliphatic carbocycles. The number of nitriles is 2. The molecule has 2 aromatic rings. The summed E-state index contributed by atoms with van der Waals surface area (Å²) in [6.45, 7) is 0. The third kappa shape index (κ3) is 3.98. The molecule has 0 spiro atoms. The molecule has 0 aliphatic heterocycles. The van der Waals surface area contributed by atoms with Gasteiger partial charge in [0.2, 0.25) is 0 Å². The Morgan fingerprint density at radius 3 is 2.36 bits per heavy atom. The van der Waals surface area contributed by atoms with Gasteiger partial charge >= 0.3 is 10.1 Å². The molecule has 110 valence electrons. The molecule has 5 nitrogen and oxygen atoms in total. The van der Waals surface area contributed by atoms with Crippen LogP contribution in [0.15, 0.2) is 42.5 Å². The van der Waals surface area contributed by atoms with Crippen LogP contribution < -0.4 is 4.18 Å². The van der Waals surface area contributed by atoms with Crippen LogP contribution in [-0.2, 0) is 15.9 Å². The number of nitrogens with zero attached hydrogens (tertiary/aromatic N) is 2. The first-order valence-electron chi connectivity index (χ1n) is 6.04. The molecule has 0 amide bonds. The zero-order chi connectivity index (χ0) is 16.2. The smallest absolute Gasteiger partial charge is 0.313 e. The van der Waals surface area contributed by atoms with E-state index in [0.29, 0.717) is 16.7 Å². The van der Waals surface area contributed by atoms with Crippen LogP contribution in [-0.4, -0.2) is 8.42 Å². The summed E-state index contributed by atoms with van der Waals surface area (Å²) in [4.78, 5) is 0. The molecule has 0 aromatic heterocycles. The van der Waals surface area contributed by atoms with Crippen LogP contribution in [0.25, 0.3) is 0 Å². The first kappa shape index (κ1) is 15.8. The minimum Gasteiger partial charge on any atom is -0.381 e. The molecule has 0 heterocycles. The van der Waals surface area contributed by atoms with Crippen molar-refractivity contribution in [3.05, 3.63) is 64.2 Å². The van der Waals surface area contributed by atoms with Gasteiger partial charge in [-0.05, 0) is 35.9 Å². The van der Waals surface area contributed by atoms with Crippen LogP contribution in [0.3, 0.4) is 0 Å². The molecule has 0 fully saturated rings. The second-order valence-electron chi connectivity index (χ2n) is 4.35. The van der Waals surface area contributed by atoms with Crippen LogP contribution in [0.1, 0.15) is 16.7 Å². The number of hydrogen-bond donors (Lipinski definition) is 0. The Balaban J connectivity index is 2.21. The standard InChI is InChI=1S/C15H9ClN2O3S/c16-14-7-12(9-18)4-5-15(14)21-22(19,20)10-13-3-1-2-11(6-13)8-17/h1-7H,10H2. The predicted octanol–water partition coefficient (Wildman–Crippen LogP) is 2.99. The topological polar surface area (TPSA) is 90.9 Å². The molecule has 0 bridgehead atoms. The maximum atomic E-state index is 12.0. The lowest BCUT2D eigenvalue weighted by atomic mass is 10.2. The fraction of sp³-hybridized carbons (Fsp3) is 0.0667. The van der Waals surface area contributed by atoms with E-state index in [-0.39, 0.29) is 10.8 Å². The molecule has 22 heavy (non-hydrogen) atoms. The summed E-state index contributed by atoms with van der Waals surface area (Å²) in [6, 6.07) is 14.1. The zero-order valence-corrected chi connectivity index (χ0v) is 12.7. The van der Waals surface area contributed by atoms with Gasteiger partial charge < -0.3 is 4.18 Å². The van der Waals surface area contributed by atoms with E-state index in [0.717, 1.165) is 0 Å². The van der Waals surface area contributed by atoms with E-state index in [1.54, 1.807) is 18.2 Å². The highest BCUT2D eigenvalue weighted by Crippen LogP contribution is 2.27. The molecule has 0 saturated carbocycles. The lowest BCUT2D eigenvalue weighted by Crippen LogP contribution is -2.12. The summed E-state index contributed by atoms with van der Waals surface area (Å²) in [5.41, 5.74) is 1.10. The van der Waals surface area contributed by atoms with E-state index in [2.05, 4.69) is 0 Å². The molecule has 0 unspecified atom stereocenters. The largest absolute Gasteiger partial charge is 0.381 e. The first-order valence-corrected chi connectivity index (χ1v) is 8.00. The number of halogens is 1. The van der Waals surface area contributed by atoms with E-state index < -0.39 is 15.9 Å². The zero-order valence-electron chi connectivity index (χ0n) is 11.2. The van der Waals surface area contributed by atoms with Crippen LogP contribution in [0, 0.1) is 22.7 Å². The van der Waals surface area contributed by atoms with Crippen molar-refractivity contribution in [2.45, 2.75) is 5.75 Å². The predicted molar refractivity (Wildman–Crippen MR) is 80.6 cm³/mol. The van der Waals surface area contributed by atoms with E-state index >= 15 is 0 Å². The molecule has 7 heteroatoms. The van der Waals surface area contributed by atoms with Gasteiger partial charge in [0.05, 0.1) is 28.3 Å². The minimum atomic E-state index is -3.93. The van der Waals surface area contributed by atoms with Gasteiger partial charge in [-0.1, -0.05) is 23.7 Å². The summed E-state index contributed by atoms with van der Waals surface area (Å²) in [5, 5.41) is 17.6. The van der Waals surface area contributed by atoms with E-state index in [1.165, 1.54) is 24.3 Å². The van der Waals surface area contributed by atoms with Gasteiger partial charge in [0.1, 0.15) is 5.75 Å². The van der Waals surface area contributed by atoms with Crippen molar-refractivity contribution in [3.8, 4) is 17.9 Å². The van der Waals surface area contributed by atoms with Crippen LogP contribution in [0.5, 0.6) is 5.75 Å². The van der Waals surface area contributed by atoms with E-state index in [1.807, 2.05) is 12.1 Å². The average molecular weight is 333 g/mol. The summed E-state index contributed by atoms with van der Waals surface area (Å²) in [5.74, 6) is -0.434. The molecule has 2 rings (SSSR count). The Kier molecular flexibility index (Phi) is 4.67. The fourth-order valence-electron chi connectivity index (χ4n) is 1.74. The molecule has 0 radical (unpaired) electrons. The van der Waals surface area contributed by atoms with Gasteiger partial charge in [0, 0.05) is 0 Å². The van der Waals surface area contributed by atoms with Crippen LogP contribution >= 0.6 is 11.6 Å². The highest BCUT2D eigenvalue weighted by Gasteiger charge is 2.16. The number of rotatable bonds is 4. The van der Waals surface area contributed by atoms with Crippen molar-refractivity contribution >= 4 is 21.7 Å². The molecule has 2 aromatic carbocycles. The van der Waals surface area contributed by atoms with E-state index in [4.69, 9.17) is 26.3 Å². The van der Waals surface area contributed by atoms with Crippen molar-refractivity contribution in [1.82, 2.24) is 0 Å². The van der Waals surface area contributed by atoms with Gasteiger partial charge in [0.15, 0.2) is 5.75 Å². The molecule has 0 N–H and O–H groups in total. The molecular weight excluding hydrogens is 324 g/mol. The second kappa shape index (κ2) is 6.48. The minimum absolute atomic E-state index is 0.0356. The van der Waals surface area contributed by atoms with E-state index in [9.17, 15) is 8.42 Å². The SMILES string of the molecule is N#Cc1cccc(CS(=O)(=O)Oc2ccc(C#N)cc2Cl)c1. The Hall–Kier alpha value is -2.54. The molecule has 0 atom stereocenters. The van der Waals surface area contributed by atoms with Gasteiger partial charge in [-0.2, -0.15) is 18.9 Å². The van der Waals surface area contributed by atoms with Gasteiger partial charge in [0.25, 0.3) is 0 Å². The average Bonchev–Trinajstić information content (AvgIpc) is 2.48. The maximum Gasteiger partial charge on any atom is 0.313 e. The number of benzene rings is 2. The molecular formula is C15H9ClN2O3S. The summed E-state index contributed by atoms with van der Waals surface area (Å²) in [6.07, 6.45) is 0. The Labute approximate surface area is 133 Å². The Bertz CT molecular complexity index is 896. The van der Waals surface area contributed by atoms with Crippen molar-refractivity contribution in [2.24, 2.45) is 0 Å². The van der Waals surface area contributed by atoms with Crippen molar-refractivity contribution in [2.75, 3.05) is 0 Å². The maximum absolute atomic E-state index is 12.0. The fourth-order valence-corrected chi connectivity index (χ4v) is 3.07. The van der Waals surface area contributed by atoms with Crippen molar-refractivity contribution in [3.63, 3.8) is 0 Å². The third-order valence-corrected chi connectivity index (χ3v) is 4.09. The lowest BCUT2D eigenvalue weighted by Gasteiger charge is -2.09. The van der Waals surface area contributed by atoms with Crippen LogP contribution in [0.2, 0.25) is 5.02 Å². The van der Waals surface area contributed by atoms with Gasteiger partial charge in [-0.15, -0.1) is 0 Å².